The minimum Gasteiger partial charge on any atom is -0.393 e. The standard InChI is InChI=1S/C13H24N4O2/c1-4-11(18)5-7-14-13(19)16-12-6-8-15-17(12)9-10(2)3/h6,8,10-11,18H,4-5,7,9H2,1-3H3,(H2,14,16,19). The van der Waals surface area contributed by atoms with Crippen LogP contribution in [-0.4, -0.2) is 33.6 Å². The fourth-order valence-electron chi connectivity index (χ4n) is 1.65. The highest BCUT2D eigenvalue weighted by Crippen LogP contribution is 2.08. The second-order valence-corrected chi connectivity index (χ2v) is 5.02. The number of anilines is 1. The molecule has 0 spiro atoms. The van der Waals surface area contributed by atoms with Gasteiger partial charge in [-0.3, -0.25) is 5.32 Å². The Labute approximate surface area is 114 Å². The molecule has 2 amide bonds. The first kappa shape index (κ1) is 15.5. The van der Waals surface area contributed by atoms with Crippen LogP contribution in [-0.2, 0) is 6.54 Å². The molecule has 3 N–H and O–H groups in total. The zero-order valence-corrected chi connectivity index (χ0v) is 11.9. The highest BCUT2D eigenvalue weighted by Gasteiger charge is 2.08. The quantitative estimate of drug-likeness (QED) is 0.705. The Morgan fingerprint density at radius 2 is 2.26 bits per heavy atom. The third kappa shape index (κ3) is 5.74. The lowest BCUT2D eigenvalue weighted by atomic mass is 10.2. The number of aliphatic hydroxyl groups excluding tert-OH is 1. The molecule has 108 valence electrons. The van der Waals surface area contributed by atoms with Gasteiger partial charge in [0.1, 0.15) is 5.82 Å². The molecule has 6 heteroatoms. The van der Waals surface area contributed by atoms with Gasteiger partial charge in [-0.25, -0.2) is 9.48 Å². The molecule has 1 unspecified atom stereocenters. The molecule has 1 atom stereocenters. The largest absolute Gasteiger partial charge is 0.393 e. The predicted octanol–water partition coefficient (Wildman–Crippen LogP) is 1.82. The van der Waals surface area contributed by atoms with E-state index in [4.69, 9.17) is 0 Å². The lowest BCUT2D eigenvalue weighted by Gasteiger charge is -2.12. The van der Waals surface area contributed by atoms with Crippen molar-refractivity contribution in [3.05, 3.63) is 12.3 Å². The first-order chi connectivity index (χ1) is 9.02. The molecule has 1 heterocycles. The van der Waals surface area contributed by atoms with Crippen molar-refractivity contribution in [1.82, 2.24) is 15.1 Å². The van der Waals surface area contributed by atoms with Crippen LogP contribution in [0.2, 0.25) is 0 Å². The van der Waals surface area contributed by atoms with E-state index in [1.807, 2.05) is 6.92 Å². The summed E-state index contributed by atoms with van der Waals surface area (Å²) < 4.78 is 1.77. The molecule has 6 nitrogen and oxygen atoms in total. The topological polar surface area (TPSA) is 79.2 Å². The van der Waals surface area contributed by atoms with Crippen LogP contribution >= 0.6 is 0 Å². The van der Waals surface area contributed by atoms with E-state index in [0.29, 0.717) is 31.1 Å². The first-order valence-electron chi connectivity index (χ1n) is 6.77. The molecule has 0 bridgehead atoms. The average Bonchev–Trinajstić information content (AvgIpc) is 2.75. The lowest BCUT2D eigenvalue weighted by molar-refractivity contribution is 0.160. The Hall–Kier alpha value is -1.56. The molecule has 0 aliphatic rings. The Morgan fingerprint density at radius 1 is 1.53 bits per heavy atom. The Balaban J connectivity index is 2.38. The molecular formula is C13H24N4O2. The summed E-state index contributed by atoms with van der Waals surface area (Å²) in [6.45, 7) is 7.32. The van der Waals surface area contributed by atoms with Gasteiger partial charge in [-0.05, 0) is 18.8 Å². The number of hydrogen-bond acceptors (Lipinski definition) is 3. The minimum atomic E-state index is -0.355. The number of amides is 2. The van der Waals surface area contributed by atoms with Gasteiger partial charge < -0.3 is 10.4 Å². The van der Waals surface area contributed by atoms with Crippen LogP contribution in [0.25, 0.3) is 0 Å². The van der Waals surface area contributed by atoms with Crippen LogP contribution in [0.15, 0.2) is 12.3 Å². The highest BCUT2D eigenvalue weighted by molar-refractivity contribution is 5.88. The SMILES string of the molecule is CCC(O)CCNC(=O)Nc1ccnn1CC(C)C. The van der Waals surface area contributed by atoms with E-state index in [9.17, 15) is 9.90 Å². The van der Waals surface area contributed by atoms with Gasteiger partial charge >= 0.3 is 6.03 Å². The molecule has 0 aliphatic carbocycles. The van der Waals surface area contributed by atoms with Gasteiger partial charge in [-0.2, -0.15) is 5.10 Å². The number of nitrogens with one attached hydrogen (secondary N) is 2. The third-order valence-corrected chi connectivity index (χ3v) is 2.73. The van der Waals surface area contributed by atoms with Crippen LogP contribution in [0, 0.1) is 5.92 Å². The summed E-state index contributed by atoms with van der Waals surface area (Å²) in [5.74, 6) is 1.14. The Morgan fingerprint density at radius 3 is 2.89 bits per heavy atom. The second-order valence-electron chi connectivity index (χ2n) is 5.02. The van der Waals surface area contributed by atoms with Crippen molar-refractivity contribution in [2.75, 3.05) is 11.9 Å². The molecule has 0 radical (unpaired) electrons. The Kier molecular flexibility index (Phi) is 6.35. The van der Waals surface area contributed by atoms with Crippen LogP contribution < -0.4 is 10.6 Å². The number of aromatic nitrogens is 2. The van der Waals surface area contributed by atoms with Gasteiger partial charge in [0.25, 0.3) is 0 Å². The summed E-state index contributed by atoms with van der Waals surface area (Å²) in [6, 6.07) is 1.50. The molecular weight excluding hydrogens is 244 g/mol. The van der Waals surface area contributed by atoms with Gasteiger partial charge in [0.15, 0.2) is 0 Å². The normalized spacial score (nSPS) is 12.5. The summed E-state index contributed by atoms with van der Waals surface area (Å²) in [5, 5.41) is 19.0. The van der Waals surface area contributed by atoms with Gasteiger partial charge in [0, 0.05) is 19.2 Å². The van der Waals surface area contributed by atoms with Crippen molar-refractivity contribution in [2.24, 2.45) is 5.92 Å². The van der Waals surface area contributed by atoms with E-state index in [2.05, 4.69) is 29.6 Å². The molecule has 1 aromatic heterocycles. The van der Waals surface area contributed by atoms with E-state index >= 15 is 0 Å². The third-order valence-electron chi connectivity index (χ3n) is 2.73. The first-order valence-corrected chi connectivity index (χ1v) is 6.77. The summed E-state index contributed by atoms with van der Waals surface area (Å²) in [7, 11) is 0. The van der Waals surface area contributed by atoms with Gasteiger partial charge in [-0.15, -0.1) is 0 Å². The van der Waals surface area contributed by atoms with E-state index in [-0.39, 0.29) is 12.1 Å². The van der Waals surface area contributed by atoms with E-state index in [1.54, 1.807) is 16.9 Å². The average molecular weight is 268 g/mol. The minimum absolute atomic E-state index is 0.270. The zero-order valence-electron chi connectivity index (χ0n) is 11.9. The van der Waals surface area contributed by atoms with Crippen molar-refractivity contribution in [3.63, 3.8) is 0 Å². The van der Waals surface area contributed by atoms with E-state index in [1.165, 1.54) is 0 Å². The number of aliphatic hydroxyl groups is 1. The molecule has 19 heavy (non-hydrogen) atoms. The fraction of sp³-hybridized carbons (Fsp3) is 0.692. The lowest BCUT2D eigenvalue weighted by Crippen LogP contribution is -2.32. The van der Waals surface area contributed by atoms with Crippen LogP contribution in [0.3, 0.4) is 0 Å². The second kappa shape index (κ2) is 7.78. The van der Waals surface area contributed by atoms with Crippen molar-refractivity contribution in [2.45, 2.75) is 46.3 Å². The number of urea groups is 1. The van der Waals surface area contributed by atoms with Gasteiger partial charge in [0.05, 0.1) is 12.3 Å². The van der Waals surface area contributed by atoms with Crippen LogP contribution in [0.5, 0.6) is 0 Å². The fourth-order valence-corrected chi connectivity index (χ4v) is 1.65. The maximum atomic E-state index is 11.7. The monoisotopic (exact) mass is 268 g/mol. The number of carbonyl (C=O) groups is 1. The van der Waals surface area contributed by atoms with Crippen molar-refractivity contribution in [1.29, 1.82) is 0 Å². The predicted molar refractivity (Wildman–Crippen MR) is 75.0 cm³/mol. The van der Waals surface area contributed by atoms with Crippen molar-refractivity contribution in [3.8, 4) is 0 Å². The molecule has 1 rings (SSSR count). The number of nitrogens with zero attached hydrogens (tertiary/aromatic N) is 2. The molecule has 0 aromatic carbocycles. The van der Waals surface area contributed by atoms with Gasteiger partial charge in [0.2, 0.25) is 0 Å². The summed E-state index contributed by atoms with van der Waals surface area (Å²) in [5.41, 5.74) is 0. The molecule has 0 saturated carbocycles. The van der Waals surface area contributed by atoms with E-state index < -0.39 is 0 Å². The maximum Gasteiger partial charge on any atom is 0.320 e. The van der Waals surface area contributed by atoms with Crippen LogP contribution in [0.4, 0.5) is 10.6 Å². The van der Waals surface area contributed by atoms with Gasteiger partial charge in [-0.1, -0.05) is 20.8 Å². The summed E-state index contributed by atoms with van der Waals surface area (Å²) in [6.07, 6.45) is 2.57. The zero-order chi connectivity index (χ0) is 14.3. The molecule has 0 saturated heterocycles. The molecule has 0 aliphatic heterocycles. The number of rotatable bonds is 7. The van der Waals surface area contributed by atoms with E-state index in [0.717, 1.165) is 6.54 Å². The maximum absolute atomic E-state index is 11.7. The summed E-state index contributed by atoms with van der Waals surface area (Å²) >= 11 is 0. The molecule has 1 aromatic rings. The summed E-state index contributed by atoms with van der Waals surface area (Å²) in [4.78, 5) is 11.7. The number of carbonyl (C=O) groups excluding carboxylic acids is 1. The van der Waals surface area contributed by atoms with Crippen LogP contribution in [0.1, 0.15) is 33.6 Å². The molecule has 0 fully saturated rings. The van der Waals surface area contributed by atoms with Crippen molar-refractivity contribution < 1.29 is 9.90 Å². The smallest absolute Gasteiger partial charge is 0.320 e. The van der Waals surface area contributed by atoms with Crippen molar-refractivity contribution >= 4 is 11.8 Å². The number of hydrogen-bond donors (Lipinski definition) is 3. The highest BCUT2D eigenvalue weighted by atomic mass is 16.3. The Bertz CT molecular complexity index is 390.